The van der Waals surface area contributed by atoms with Crippen molar-refractivity contribution in [3.63, 3.8) is 0 Å². The Kier molecular flexibility index (Phi) is 4.70. The lowest BCUT2D eigenvalue weighted by molar-refractivity contribution is 0.361. The second-order valence-electron chi connectivity index (χ2n) is 5.24. The van der Waals surface area contributed by atoms with Crippen LogP contribution in [0.5, 0.6) is 17.2 Å². The van der Waals surface area contributed by atoms with Crippen LogP contribution in [0.4, 0.5) is 0 Å². The van der Waals surface area contributed by atoms with Gasteiger partial charge in [-0.1, -0.05) is 12.7 Å². The van der Waals surface area contributed by atoms with Crippen molar-refractivity contribution in [3.05, 3.63) is 65.7 Å². The number of hydrogen-bond donors (Lipinski definition) is 0. The van der Waals surface area contributed by atoms with Crippen molar-refractivity contribution < 1.29 is 14.2 Å². The third-order valence-electron chi connectivity index (χ3n) is 3.74. The number of rotatable bonds is 6. The lowest BCUT2D eigenvalue weighted by Crippen LogP contribution is -2.19. The molecule has 3 rings (SSSR count). The van der Waals surface area contributed by atoms with Gasteiger partial charge < -0.3 is 14.2 Å². The Morgan fingerprint density at radius 1 is 1.12 bits per heavy atom. The standard InChI is InChI=1S/C19H18N2O4/c1-4-9-25-17-11-15(24-3)10-16-18(17)19(22)21(12-20-16)13-5-7-14(23-2)8-6-13/h4-8,10-12H,1,9H2,2-3H3. The smallest absolute Gasteiger partial charge is 0.269 e. The first kappa shape index (κ1) is 16.6. The zero-order valence-corrected chi connectivity index (χ0v) is 14.1. The highest BCUT2D eigenvalue weighted by atomic mass is 16.5. The highest BCUT2D eigenvalue weighted by Crippen LogP contribution is 2.28. The maximum Gasteiger partial charge on any atom is 0.269 e. The summed E-state index contributed by atoms with van der Waals surface area (Å²) in [6.45, 7) is 3.91. The molecule has 0 N–H and O–H groups in total. The Morgan fingerprint density at radius 2 is 1.84 bits per heavy atom. The number of fused-ring (bicyclic) bond motifs is 1. The molecule has 0 radical (unpaired) electrons. The molecule has 25 heavy (non-hydrogen) atoms. The summed E-state index contributed by atoms with van der Waals surface area (Å²) in [6, 6.07) is 10.5. The van der Waals surface area contributed by atoms with Crippen LogP contribution in [0, 0.1) is 0 Å². The van der Waals surface area contributed by atoms with E-state index in [0.717, 1.165) is 0 Å². The van der Waals surface area contributed by atoms with Crippen molar-refractivity contribution in [2.45, 2.75) is 0 Å². The quantitative estimate of drug-likeness (QED) is 0.647. The molecular formula is C19H18N2O4. The Hall–Kier alpha value is -3.28. The Morgan fingerprint density at radius 3 is 2.48 bits per heavy atom. The van der Waals surface area contributed by atoms with Crippen molar-refractivity contribution in [2.75, 3.05) is 20.8 Å². The molecule has 6 nitrogen and oxygen atoms in total. The van der Waals surface area contributed by atoms with Gasteiger partial charge in [-0.3, -0.25) is 9.36 Å². The van der Waals surface area contributed by atoms with E-state index in [1.54, 1.807) is 56.7 Å². The van der Waals surface area contributed by atoms with Gasteiger partial charge in [0.05, 0.1) is 25.4 Å². The normalized spacial score (nSPS) is 10.5. The van der Waals surface area contributed by atoms with Gasteiger partial charge in [-0.25, -0.2) is 4.98 Å². The number of ether oxygens (including phenoxy) is 3. The minimum atomic E-state index is -0.225. The lowest BCUT2D eigenvalue weighted by atomic mass is 10.2. The molecule has 0 saturated heterocycles. The Bertz CT molecular complexity index is 962. The summed E-state index contributed by atoms with van der Waals surface area (Å²) in [5.74, 6) is 1.69. The molecule has 0 aliphatic rings. The number of nitrogens with zero attached hydrogens (tertiary/aromatic N) is 2. The molecule has 0 amide bonds. The summed E-state index contributed by atoms with van der Waals surface area (Å²) in [5, 5.41) is 0.390. The van der Waals surface area contributed by atoms with Gasteiger partial charge in [-0.15, -0.1) is 0 Å². The molecular weight excluding hydrogens is 320 g/mol. The zero-order chi connectivity index (χ0) is 17.8. The fraction of sp³-hybridized carbons (Fsp3) is 0.158. The van der Waals surface area contributed by atoms with Gasteiger partial charge in [-0.05, 0) is 24.3 Å². The molecule has 3 aromatic rings. The van der Waals surface area contributed by atoms with E-state index in [0.29, 0.717) is 33.8 Å². The van der Waals surface area contributed by atoms with Crippen LogP contribution in [0.1, 0.15) is 0 Å². The molecule has 0 atom stereocenters. The average Bonchev–Trinajstić information content (AvgIpc) is 2.66. The third-order valence-corrected chi connectivity index (χ3v) is 3.74. The number of benzene rings is 2. The molecule has 0 saturated carbocycles. The van der Waals surface area contributed by atoms with Gasteiger partial charge >= 0.3 is 0 Å². The van der Waals surface area contributed by atoms with Gasteiger partial charge in [0.25, 0.3) is 5.56 Å². The molecule has 0 aliphatic carbocycles. The topological polar surface area (TPSA) is 62.6 Å². The molecule has 0 aliphatic heterocycles. The first-order valence-corrected chi connectivity index (χ1v) is 7.65. The molecule has 1 aromatic heterocycles. The van der Waals surface area contributed by atoms with Crippen LogP contribution < -0.4 is 19.8 Å². The molecule has 2 aromatic carbocycles. The molecule has 0 unspecified atom stereocenters. The fourth-order valence-corrected chi connectivity index (χ4v) is 2.49. The van der Waals surface area contributed by atoms with Crippen molar-refractivity contribution in [3.8, 4) is 22.9 Å². The van der Waals surface area contributed by atoms with E-state index in [2.05, 4.69) is 11.6 Å². The van der Waals surface area contributed by atoms with E-state index in [1.165, 1.54) is 10.9 Å². The summed E-state index contributed by atoms with van der Waals surface area (Å²) in [6.07, 6.45) is 3.10. The second-order valence-corrected chi connectivity index (χ2v) is 5.24. The van der Waals surface area contributed by atoms with Crippen LogP contribution in [0.2, 0.25) is 0 Å². The molecule has 1 heterocycles. The summed E-state index contributed by atoms with van der Waals surface area (Å²) in [5.41, 5.74) is 0.968. The Balaban J connectivity index is 2.20. The minimum absolute atomic E-state index is 0.225. The molecule has 6 heteroatoms. The van der Waals surface area contributed by atoms with Crippen LogP contribution in [-0.2, 0) is 0 Å². The van der Waals surface area contributed by atoms with Gasteiger partial charge in [0.2, 0.25) is 0 Å². The Labute approximate surface area is 144 Å². The van der Waals surface area contributed by atoms with Crippen molar-refractivity contribution in [1.82, 2.24) is 9.55 Å². The SMILES string of the molecule is C=CCOc1cc(OC)cc2ncn(-c3ccc(OC)cc3)c(=O)c12. The van der Waals surface area contributed by atoms with Crippen LogP contribution in [0.15, 0.2) is 60.2 Å². The fourth-order valence-electron chi connectivity index (χ4n) is 2.49. The maximum atomic E-state index is 13.0. The van der Waals surface area contributed by atoms with Gasteiger partial charge in [0.1, 0.15) is 35.6 Å². The average molecular weight is 338 g/mol. The summed E-state index contributed by atoms with van der Waals surface area (Å²) >= 11 is 0. The van der Waals surface area contributed by atoms with E-state index in [9.17, 15) is 4.79 Å². The molecule has 0 fully saturated rings. The molecule has 0 bridgehead atoms. The van der Waals surface area contributed by atoms with Crippen molar-refractivity contribution >= 4 is 10.9 Å². The van der Waals surface area contributed by atoms with E-state index >= 15 is 0 Å². The van der Waals surface area contributed by atoms with Gasteiger partial charge in [0.15, 0.2) is 0 Å². The predicted octanol–water partition coefficient (Wildman–Crippen LogP) is 2.97. The van der Waals surface area contributed by atoms with E-state index in [-0.39, 0.29) is 12.2 Å². The van der Waals surface area contributed by atoms with Crippen LogP contribution in [0.25, 0.3) is 16.6 Å². The second kappa shape index (κ2) is 7.09. The van der Waals surface area contributed by atoms with Crippen molar-refractivity contribution in [1.29, 1.82) is 0 Å². The number of methoxy groups -OCH3 is 2. The zero-order valence-electron chi connectivity index (χ0n) is 14.1. The highest BCUT2D eigenvalue weighted by molar-refractivity contribution is 5.86. The summed E-state index contributed by atoms with van der Waals surface area (Å²) < 4.78 is 17.5. The summed E-state index contributed by atoms with van der Waals surface area (Å²) in [4.78, 5) is 17.4. The van der Waals surface area contributed by atoms with E-state index in [1.807, 2.05) is 0 Å². The minimum Gasteiger partial charge on any atom is -0.497 e. The lowest BCUT2D eigenvalue weighted by Gasteiger charge is -2.12. The van der Waals surface area contributed by atoms with Crippen molar-refractivity contribution in [2.24, 2.45) is 0 Å². The largest absolute Gasteiger partial charge is 0.497 e. The predicted molar refractivity (Wildman–Crippen MR) is 96.1 cm³/mol. The first-order chi connectivity index (χ1) is 12.2. The van der Waals surface area contributed by atoms with Gasteiger partial charge in [-0.2, -0.15) is 0 Å². The van der Waals surface area contributed by atoms with Crippen LogP contribution >= 0.6 is 0 Å². The van der Waals surface area contributed by atoms with E-state index in [4.69, 9.17) is 14.2 Å². The monoisotopic (exact) mass is 338 g/mol. The number of hydrogen-bond acceptors (Lipinski definition) is 5. The third kappa shape index (κ3) is 3.19. The number of aromatic nitrogens is 2. The molecule has 0 spiro atoms. The summed E-state index contributed by atoms with van der Waals surface area (Å²) in [7, 11) is 3.15. The van der Waals surface area contributed by atoms with Crippen LogP contribution in [0.3, 0.4) is 0 Å². The first-order valence-electron chi connectivity index (χ1n) is 7.65. The molecule has 128 valence electrons. The highest BCUT2D eigenvalue weighted by Gasteiger charge is 2.13. The maximum absolute atomic E-state index is 13.0. The van der Waals surface area contributed by atoms with Crippen LogP contribution in [-0.4, -0.2) is 30.4 Å². The van der Waals surface area contributed by atoms with Gasteiger partial charge in [0, 0.05) is 12.1 Å². The van der Waals surface area contributed by atoms with E-state index < -0.39 is 0 Å².